The van der Waals surface area contributed by atoms with Gasteiger partial charge in [-0.05, 0) is 52.2 Å². The Morgan fingerprint density at radius 1 is 1.18 bits per heavy atom. The molecule has 0 aliphatic rings. The van der Waals surface area contributed by atoms with Gasteiger partial charge >= 0.3 is 0 Å². The van der Waals surface area contributed by atoms with Crippen molar-refractivity contribution in [1.82, 2.24) is 0 Å². The molecule has 17 heavy (non-hydrogen) atoms. The van der Waals surface area contributed by atoms with E-state index in [0.29, 0.717) is 0 Å². The van der Waals surface area contributed by atoms with Crippen LogP contribution in [0, 0.1) is 6.92 Å². The van der Waals surface area contributed by atoms with E-state index in [2.05, 4.69) is 43.0 Å². The standard InChI is InChI=1S/C15H25NO/c1-4-16(12-6-5-7-14(3)17)15-10-8-13(2)9-11-15/h8-11,14,17H,4-7,12H2,1-3H3. The highest BCUT2D eigenvalue weighted by atomic mass is 16.3. The third-order valence-corrected chi connectivity index (χ3v) is 3.08. The Labute approximate surface area is 105 Å². The van der Waals surface area contributed by atoms with Crippen LogP contribution < -0.4 is 4.90 Å². The molecule has 1 aromatic carbocycles. The van der Waals surface area contributed by atoms with Crippen molar-refractivity contribution < 1.29 is 5.11 Å². The van der Waals surface area contributed by atoms with E-state index in [1.807, 2.05) is 6.92 Å². The van der Waals surface area contributed by atoms with Crippen LogP contribution in [0.4, 0.5) is 5.69 Å². The lowest BCUT2D eigenvalue weighted by atomic mass is 10.1. The molecule has 0 bridgehead atoms. The van der Waals surface area contributed by atoms with Crippen molar-refractivity contribution in [2.75, 3.05) is 18.0 Å². The van der Waals surface area contributed by atoms with Gasteiger partial charge in [0.2, 0.25) is 0 Å². The molecule has 1 rings (SSSR count). The van der Waals surface area contributed by atoms with Crippen molar-refractivity contribution in [3.63, 3.8) is 0 Å². The fourth-order valence-electron chi connectivity index (χ4n) is 1.97. The minimum absolute atomic E-state index is 0.163. The highest BCUT2D eigenvalue weighted by Gasteiger charge is 2.04. The van der Waals surface area contributed by atoms with Gasteiger partial charge in [-0.1, -0.05) is 17.7 Å². The summed E-state index contributed by atoms with van der Waals surface area (Å²) in [6.07, 6.45) is 2.99. The number of aliphatic hydroxyl groups excluding tert-OH is 1. The average Bonchev–Trinajstić information content (AvgIpc) is 2.30. The molecule has 2 nitrogen and oxygen atoms in total. The lowest BCUT2D eigenvalue weighted by Crippen LogP contribution is -2.24. The maximum atomic E-state index is 9.21. The Balaban J connectivity index is 2.40. The second-order valence-electron chi connectivity index (χ2n) is 4.76. The summed E-state index contributed by atoms with van der Waals surface area (Å²) in [7, 11) is 0. The molecule has 0 radical (unpaired) electrons. The molecule has 2 heteroatoms. The van der Waals surface area contributed by atoms with Crippen LogP contribution in [0.15, 0.2) is 24.3 Å². The molecule has 1 atom stereocenters. The minimum Gasteiger partial charge on any atom is -0.393 e. The van der Waals surface area contributed by atoms with E-state index >= 15 is 0 Å². The zero-order valence-corrected chi connectivity index (χ0v) is 11.3. The fraction of sp³-hybridized carbons (Fsp3) is 0.600. The third-order valence-electron chi connectivity index (χ3n) is 3.08. The summed E-state index contributed by atoms with van der Waals surface area (Å²) >= 11 is 0. The summed E-state index contributed by atoms with van der Waals surface area (Å²) in [5.74, 6) is 0. The zero-order chi connectivity index (χ0) is 12.7. The molecule has 96 valence electrons. The van der Waals surface area contributed by atoms with Crippen molar-refractivity contribution in [1.29, 1.82) is 0 Å². The van der Waals surface area contributed by atoms with E-state index in [9.17, 15) is 5.11 Å². The van der Waals surface area contributed by atoms with Gasteiger partial charge in [-0.2, -0.15) is 0 Å². The van der Waals surface area contributed by atoms with Crippen LogP contribution in [-0.2, 0) is 0 Å². The Bertz CT molecular complexity index is 305. The maximum absolute atomic E-state index is 9.21. The van der Waals surface area contributed by atoms with Crippen molar-refractivity contribution in [3.8, 4) is 0 Å². The van der Waals surface area contributed by atoms with Crippen molar-refractivity contribution >= 4 is 5.69 Å². The molecule has 0 saturated heterocycles. The number of nitrogens with zero attached hydrogens (tertiary/aromatic N) is 1. The van der Waals surface area contributed by atoms with Gasteiger partial charge in [0.25, 0.3) is 0 Å². The van der Waals surface area contributed by atoms with Gasteiger partial charge in [0, 0.05) is 18.8 Å². The smallest absolute Gasteiger partial charge is 0.0512 e. The highest BCUT2D eigenvalue weighted by molar-refractivity contribution is 5.47. The fourth-order valence-corrected chi connectivity index (χ4v) is 1.97. The van der Waals surface area contributed by atoms with Crippen LogP contribution in [0.1, 0.15) is 38.7 Å². The van der Waals surface area contributed by atoms with Crippen molar-refractivity contribution in [2.24, 2.45) is 0 Å². The van der Waals surface area contributed by atoms with E-state index in [0.717, 1.165) is 32.4 Å². The first kappa shape index (κ1) is 14.0. The summed E-state index contributed by atoms with van der Waals surface area (Å²) in [6, 6.07) is 8.70. The Hall–Kier alpha value is -1.02. The topological polar surface area (TPSA) is 23.5 Å². The number of benzene rings is 1. The Morgan fingerprint density at radius 3 is 2.35 bits per heavy atom. The van der Waals surface area contributed by atoms with Crippen molar-refractivity contribution in [3.05, 3.63) is 29.8 Å². The van der Waals surface area contributed by atoms with Gasteiger partial charge in [-0.15, -0.1) is 0 Å². The van der Waals surface area contributed by atoms with E-state index < -0.39 is 0 Å². The summed E-state index contributed by atoms with van der Waals surface area (Å²) < 4.78 is 0. The quantitative estimate of drug-likeness (QED) is 0.732. The average molecular weight is 235 g/mol. The summed E-state index contributed by atoms with van der Waals surface area (Å²) in [4.78, 5) is 2.39. The molecule has 0 aromatic heterocycles. The van der Waals surface area contributed by atoms with Gasteiger partial charge in [0.15, 0.2) is 0 Å². The second-order valence-corrected chi connectivity index (χ2v) is 4.76. The lowest BCUT2D eigenvalue weighted by molar-refractivity contribution is 0.181. The van der Waals surface area contributed by atoms with Gasteiger partial charge in [-0.3, -0.25) is 0 Å². The number of unbranched alkanes of at least 4 members (excludes halogenated alkanes) is 1. The van der Waals surface area contributed by atoms with E-state index in [4.69, 9.17) is 0 Å². The first-order valence-electron chi connectivity index (χ1n) is 6.63. The molecule has 0 spiro atoms. The zero-order valence-electron chi connectivity index (χ0n) is 11.3. The Morgan fingerprint density at radius 2 is 1.82 bits per heavy atom. The van der Waals surface area contributed by atoms with E-state index in [1.54, 1.807) is 0 Å². The molecule has 0 saturated carbocycles. The number of anilines is 1. The number of hydrogen-bond acceptors (Lipinski definition) is 2. The minimum atomic E-state index is -0.163. The van der Waals surface area contributed by atoms with Crippen LogP contribution >= 0.6 is 0 Å². The van der Waals surface area contributed by atoms with Crippen molar-refractivity contribution in [2.45, 2.75) is 46.1 Å². The predicted molar refractivity (Wildman–Crippen MR) is 74.6 cm³/mol. The van der Waals surface area contributed by atoms with Crippen LogP contribution in [0.25, 0.3) is 0 Å². The Kier molecular flexibility index (Phi) is 6.06. The SMILES string of the molecule is CCN(CCCCC(C)O)c1ccc(C)cc1. The number of aliphatic hydroxyl groups is 1. The first-order chi connectivity index (χ1) is 8.13. The first-order valence-corrected chi connectivity index (χ1v) is 6.63. The van der Waals surface area contributed by atoms with Gasteiger partial charge < -0.3 is 10.0 Å². The molecule has 1 aromatic rings. The number of rotatable bonds is 7. The number of aryl methyl sites for hydroxylation is 1. The molecule has 0 fully saturated rings. The summed E-state index contributed by atoms with van der Waals surface area (Å²) in [5, 5.41) is 9.21. The van der Waals surface area contributed by atoms with Crippen LogP contribution in [-0.4, -0.2) is 24.3 Å². The normalized spacial score (nSPS) is 12.5. The van der Waals surface area contributed by atoms with Crippen LogP contribution in [0.5, 0.6) is 0 Å². The van der Waals surface area contributed by atoms with Gasteiger partial charge in [0.05, 0.1) is 6.10 Å². The predicted octanol–water partition coefficient (Wildman–Crippen LogP) is 3.37. The molecular formula is C15H25NO. The molecule has 0 heterocycles. The van der Waals surface area contributed by atoms with E-state index in [1.165, 1.54) is 11.3 Å². The molecule has 1 N–H and O–H groups in total. The molecule has 0 aliphatic carbocycles. The summed E-state index contributed by atoms with van der Waals surface area (Å²) in [5.41, 5.74) is 2.61. The number of hydrogen-bond donors (Lipinski definition) is 1. The van der Waals surface area contributed by atoms with Crippen LogP contribution in [0.3, 0.4) is 0 Å². The monoisotopic (exact) mass is 235 g/mol. The molecule has 1 unspecified atom stereocenters. The summed E-state index contributed by atoms with van der Waals surface area (Å²) in [6.45, 7) is 8.28. The maximum Gasteiger partial charge on any atom is 0.0512 e. The lowest BCUT2D eigenvalue weighted by Gasteiger charge is -2.23. The van der Waals surface area contributed by atoms with Crippen LogP contribution in [0.2, 0.25) is 0 Å². The highest BCUT2D eigenvalue weighted by Crippen LogP contribution is 2.15. The molecular weight excluding hydrogens is 210 g/mol. The molecule has 0 aliphatic heterocycles. The van der Waals surface area contributed by atoms with Gasteiger partial charge in [0.1, 0.15) is 0 Å². The molecule has 0 amide bonds. The second kappa shape index (κ2) is 7.33. The third kappa shape index (κ3) is 5.22. The largest absolute Gasteiger partial charge is 0.393 e. The van der Waals surface area contributed by atoms with E-state index in [-0.39, 0.29) is 6.10 Å². The van der Waals surface area contributed by atoms with Gasteiger partial charge in [-0.25, -0.2) is 0 Å².